The second kappa shape index (κ2) is 13.1. The summed E-state index contributed by atoms with van der Waals surface area (Å²) in [6.45, 7) is 27.3. The van der Waals surface area contributed by atoms with Crippen LogP contribution < -0.4 is 15.8 Å². The van der Waals surface area contributed by atoms with Crippen LogP contribution in [0, 0.1) is 41.5 Å². The molecule has 0 spiro atoms. The van der Waals surface area contributed by atoms with Gasteiger partial charge < -0.3 is 13.8 Å². The summed E-state index contributed by atoms with van der Waals surface area (Å²) in [6, 6.07) is 42.6. The molecule has 62 heavy (non-hydrogen) atoms. The number of aryl methyl sites for hydroxylation is 6. The fourth-order valence-corrected chi connectivity index (χ4v) is 11.4. The number of aromatic nitrogens is 1. The highest BCUT2D eigenvalue weighted by molar-refractivity contribution is 6.90. The number of hydrogen-bond acceptors (Lipinski definition) is 2. The first-order valence-electron chi connectivity index (χ1n) is 22.4. The molecular formula is C58H55BN2O. The third-order valence-electron chi connectivity index (χ3n) is 14.0. The average molecular weight is 807 g/mol. The Kier molecular flexibility index (Phi) is 8.19. The van der Waals surface area contributed by atoms with Crippen LogP contribution in [-0.2, 0) is 10.8 Å². The molecule has 0 atom stereocenters. The zero-order chi connectivity index (χ0) is 43.3. The van der Waals surface area contributed by atoms with Gasteiger partial charge in [-0.25, -0.2) is 0 Å². The number of rotatable bonds is 3. The Morgan fingerprint density at radius 2 is 1.16 bits per heavy atom. The van der Waals surface area contributed by atoms with Crippen LogP contribution in [0.4, 0.5) is 17.1 Å². The maximum Gasteiger partial charge on any atom is 0.333 e. The van der Waals surface area contributed by atoms with E-state index in [-0.39, 0.29) is 17.7 Å². The van der Waals surface area contributed by atoms with Gasteiger partial charge in [-0.2, -0.15) is 0 Å². The molecule has 11 rings (SSSR count). The second-order valence-electron chi connectivity index (χ2n) is 20.7. The third-order valence-corrected chi connectivity index (χ3v) is 14.0. The average Bonchev–Trinajstić information content (AvgIpc) is 3.80. The maximum atomic E-state index is 6.62. The number of furan rings is 1. The van der Waals surface area contributed by atoms with E-state index in [1.165, 1.54) is 122 Å². The van der Waals surface area contributed by atoms with E-state index in [0.29, 0.717) is 0 Å². The van der Waals surface area contributed by atoms with Crippen molar-refractivity contribution in [3.8, 4) is 33.4 Å². The molecule has 2 aliphatic rings. The summed E-state index contributed by atoms with van der Waals surface area (Å²) in [4.78, 5) is 2.57. The molecule has 4 heterocycles. The number of benzene rings is 7. The zero-order valence-electron chi connectivity index (χ0n) is 38.3. The smallest absolute Gasteiger partial charge is 0.333 e. The standard InChI is InChI=1S/C58H55BN2O/c1-32-22-34(3)51(35(4)23-32)38-14-13-15-43(26-38)60-49-27-39(52-36(5)24-33(2)25-37(52)6)16-18-47(49)59-54-50(60)28-40-20-21-62-56(40)53(54)46-31-42(58(10,11)12)30-45-44-29-41(57(7,8)9)17-19-48(44)61(59)55(45)46/h13-31H,1-12H3. The van der Waals surface area contributed by atoms with E-state index in [1.54, 1.807) is 0 Å². The molecule has 0 fully saturated rings. The van der Waals surface area contributed by atoms with Crippen molar-refractivity contribution in [3.63, 3.8) is 0 Å². The quantitative estimate of drug-likeness (QED) is 0.166. The van der Waals surface area contributed by atoms with Crippen molar-refractivity contribution < 1.29 is 4.42 Å². The minimum absolute atomic E-state index is 0.00844. The highest BCUT2D eigenvalue weighted by Gasteiger charge is 2.45. The van der Waals surface area contributed by atoms with Gasteiger partial charge in [0, 0.05) is 55.4 Å². The van der Waals surface area contributed by atoms with Gasteiger partial charge in [-0.15, -0.1) is 0 Å². The van der Waals surface area contributed by atoms with Gasteiger partial charge in [0.05, 0.1) is 6.26 Å². The van der Waals surface area contributed by atoms with Crippen LogP contribution in [0.15, 0.2) is 120 Å². The number of anilines is 3. The van der Waals surface area contributed by atoms with Crippen LogP contribution in [-0.4, -0.2) is 11.3 Å². The molecule has 3 nitrogen and oxygen atoms in total. The number of hydrogen-bond donors (Lipinski definition) is 0. The Labute approximate surface area is 367 Å². The van der Waals surface area contributed by atoms with Crippen LogP contribution in [0.5, 0.6) is 0 Å². The van der Waals surface area contributed by atoms with E-state index in [2.05, 4.69) is 202 Å². The van der Waals surface area contributed by atoms with Crippen LogP contribution in [0.2, 0.25) is 0 Å². The molecule has 4 heteroatoms. The van der Waals surface area contributed by atoms with Gasteiger partial charge in [0.15, 0.2) is 0 Å². The van der Waals surface area contributed by atoms with Gasteiger partial charge in [0.1, 0.15) is 5.58 Å². The molecule has 0 N–H and O–H groups in total. The van der Waals surface area contributed by atoms with Gasteiger partial charge >= 0.3 is 6.85 Å². The molecule has 2 aliphatic heterocycles. The van der Waals surface area contributed by atoms with Gasteiger partial charge in [-0.05, 0) is 174 Å². The largest absolute Gasteiger partial charge is 0.464 e. The van der Waals surface area contributed by atoms with Crippen molar-refractivity contribution in [1.82, 2.24) is 4.48 Å². The molecular weight excluding hydrogens is 751 g/mol. The van der Waals surface area contributed by atoms with Gasteiger partial charge in [0.2, 0.25) is 0 Å². The second-order valence-corrected chi connectivity index (χ2v) is 20.7. The van der Waals surface area contributed by atoms with Crippen molar-refractivity contribution in [2.45, 2.75) is 93.9 Å². The normalized spacial score (nSPS) is 13.4. The Morgan fingerprint density at radius 3 is 1.81 bits per heavy atom. The molecule has 2 aromatic heterocycles. The van der Waals surface area contributed by atoms with Crippen molar-refractivity contribution >= 4 is 67.6 Å². The SMILES string of the molecule is Cc1cc(C)c(-c2cccc(N3c4cc(-c5c(C)cc(C)cc5C)ccc4B4c5c3cc3ccoc3c5-c3cc(C(C)(C)C)cc5c6cc(C(C)(C)C)ccc6n4c35)c2)c(C)c1. The first kappa shape index (κ1) is 38.7. The number of fused-ring (bicyclic) bond motifs is 9. The molecule has 0 radical (unpaired) electrons. The Bertz CT molecular complexity index is 3350. The minimum Gasteiger partial charge on any atom is -0.464 e. The van der Waals surface area contributed by atoms with Crippen LogP contribution >= 0.6 is 0 Å². The molecule has 0 amide bonds. The molecule has 0 bridgehead atoms. The van der Waals surface area contributed by atoms with Gasteiger partial charge in [-0.3, -0.25) is 0 Å². The fraction of sp³-hybridized carbons (Fsp3) is 0.241. The van der Waals surface area contributed by atoms with E-state index >= 15 is 0 Å². The minimum atomic E-state index is -0.0896. The summed E-state index contributed by atoms with van der Waals surface area (Å²) >= 11 is 0. The van der Waals surface area contributed by atoms with Crippen LogP contribution in [0.1, 0.15) is 86.1 Å². The molecule has 0 unspecified atom stereocenters. The molecule has 306 valence electrons. The van der Waals surface area contributed by atoms with Crippen molar-refractivity contribution in [2.24, 2.45) is 0 Å². The van der Waals surface area contributed by atoms with Crippen molar-refractivity contribution in [1.29, 1.82) is 0 Å². The topological polar surface area (TPSA) is 21.3 Å². The first-order valence-corrected chi connectivity index (χ1v) is 22.4. The predicted octanol–water partition coefficient (Wildman–Crippen LogP) is 14.7. The molecule has 0 aliphatic carbocycles. The monoisotopic (exact) mass is 806 g/mol. The maximum absolute atomic E-state index is 6.62. The highest BCUT2D eigenvalue weighted by Crippen LogP contribution is 2.50. The highest BCUT2D eigenvalue weighted by atomic mass is 16.3. The van der Waals surface area contributed by atoms with Crippen LogP contribution in [0.3, 0.4) is 0 Å². The van der Waals surface area contributed by atoms with Crippen molar-refractivity contribution in [2.75, 3.05) is 4.90 Å². The Balaban J connectivity index is 1.29. The summed E-state index contributed by atoms with van der Waals surface area (Å²) < 4.78 is 9.31. The zero-order valence-corrected chi connectivity index (χ0v) is 38.3. The molecule has 0 saturated carbocycles. The lowest BCUT2D eigenvalue weighted by molar-refractivity contribution is 0.590. The Morgan fingerprint density at radius 1 is 0.532 bits per heavy atom. The van der Waals surface area contributed by atoms with Gasteiger partial charge in [-0.1, -0.05) is 107 Å². The lowest BCUT2D eigenvalue weighted by Crippen LogP contribution is -2.56. The van der Waals surface area contributed by atoms with E-state index < -0.39 is 0 Å². The summed E-state index contributed by atoms with van der Waals surface area (Å²) in [5.41, 5.74) is 27.6. The fourth-order valence-electron chi connectivity index (χ4n) is 11.4. The summed E-state index contributed by atoms with van der Waals surface area (Å²) in [6.07, 6.45) is 1.88. The molecule has 0 saturated heterocycles. The lowest BCUT2D eigenvalue weighted by Gasteiger charge is -2.41. The first-order chi connectivity index (χ1) is 29.5. The van der Waals surface area contributed by atoms with E-state index in [0.717, 1.165) is 16.7 Å². The molecule has 9 aromatic rings. The summed E-state index contributed by atoms with van der Waals surface area (Å²) in [5, 5.41) is 3.74. The van der Waals surface area contributed by atoms with Crippen molar-refractivity contribution in [3.05, 3.63) is 160 Å². The third kappa shape index (κ3) is 5.58. The van der Waals surface area contributed by atoms with Crippen LogP contribution in [0.25, 0.3) is 66.2 Å². The summed E-state index contributed by atoms with van der Waals surface area (Å²) in [7, 11) is 0. The molecule has 7 aromatic carbocycles. The summed E-state index contributed by atoms with van der Waals surface area (Å²) in [5.74, 6) is 0. The Hall–Kier alpha value is -6.26. The van der Waals surface area contributed by atoms with Gasteiger partial charge in [0.25, 0.3) is 0 Å². The van der Waals surface area contributed by atoms with E-state index in [1.807, 2.05) is 6.26 Å². The predicted molar refractivity (Wildman–Crippen MR) is 266 cm³/mol. The van der Waals surface area contributed by atoms with E-state index in [4.69, 9.17) is 4.42 Å². The lowest BCUT2D eigenvalue weighted by atomic mass is 9.45. The number of nitrogens with zero attached hydrogens (tertiary/aromatic N) is 2. The van der Waals surface area contributed by atoms with E-state index in [9.17, 15) is 0 Å².